The van der Waals surface area contributed by atoms with Crippen LogP contribution >= 0.6 is 11.5 Å². The van der Waals surface area contributed by atoms with Crippen LogP contribution in [0.4, 0.5) is 0 Å². The molecule has 2 rings (SSSR count). The highest BCUT2D eigenvalue weighted by atomic mass is 32.1. The Bertz CT molecular complexity index is 502. The summed E-state index contributed by atoms with van der Waals surface area (Å²) >= 11 is 1.21. The first-order valence-corrected chi connectivity index (χ1v) is 4.37. The van der Waals surface area contributed by atoms with Crippen LogP contribution in [-0.2, 0) is 7.05 Å². The van der Waals surface area contributed by atoms with Gasteiger partial charge in [-0.2, -0.15) is 9.47 Å². The van der Waals surface area contributed by atoms with Gasteiger partial charge in [0.15, 0.2) is 0 Å². The molecule has 2 aromatic rings. The van der Waals surface area contributed by atoms with Crippen LogP contribution < -0.4 is 10.3 Å². The number of aryl methyl sites for hydroxylation is 1. The van der Waals surface area contributed by atoms with Gasteiger partial charge in [-0.1, -0.05) is 0 Å². The van der Waals surface area contributed by atoms with Crippen molar-refractivity contribution >= 4 is 21.6 Å². The molecule has 0 saturated carbocycles. The van der Waals surface area contributed by atoms with E-state index in [0.717, 1.165) is 4.70 Å². The lowest BCUT2D eigenvalue weighted by molar-refractivity contribution is 0.407. The average molecular weight is 197 g/mol. The van der Waals surface area contributed by atoms with E-state index in [1.807, 2.05) is 0 Å². The first-order chi connectivity index (χ1) is 6.24. The van der Waals surface area contributed by atoms with E-state index < -0.39 is 0 Å². The van der Waals surface area contributed by atoms with E-state index in [-0.39, 0.29) is 5.56 Å². The fraction of sp³-hybridized carbons (Fsp3) is 0.286. The number of aromatic nitrogens is 3. The minimum Gasteiger partial charge on any atom is -0.480 e. The molecule has 0 aliphatic carbocycles. The number of ether oxygens (including phenoxy) is 1. The van der Waals surface area contributed by atoms with Crippen LogP contribution in [0.15, 0.2) is 11.0 Å². The van der Waals surface area contributed by atoms with Gasteiger partial charge in [0.1, 0.15) is 5.39 Å². The monoisotopic (exact) mass is 197 g/mol. The molecule has 0 aliphatic heterocycles. The Kier molecular flexibility index (Phi) is 1.77. The highest BCUT2D eigenvalue weighted by Crippen LogP contribution is 2.23. The van der Waals surface area contributed by atoms with Gasteiger partial charge in [0.2, 0.25) is 5.88 Å². The summed E-state index contributed by atoms with van der Waals surface area (Å²) in [6.45, 7) is 0. The second kappa shape index (κ2) is 2.81. The molecule has 0 aromatic carbocycles. The van der Waals surface area contributed by atoms with Gasteiger partial charge in [-0.15, -0.1) is 0 Å². The molecule has 0 spiro atoms. The molecule has 0 fully saturated rings. The highest BCUT2D eigenvalue weighted by molar-refractivity contribution is 7.13. The van der Waals surface area contributed by atoms with E-state index >= 15 is 0 Å². The second-order valence-corrected chi connectivity index (χ2v) is 3.31. The molecule has 0 bridgehead atoms. The SMILES string of the molecule is COc1nsc2cnn(C)c(=O)c12. The summed E-state index contributed by atoms with van der Waals surface area (Å²) in [5.74, 6) is 0.378. The first-order valence-electron chi connectivity index (χ1n) is 3.59. The molecule has 0 aliphatic rings. The van der Waals surface area contributed by atoms with Crippen LogP contribution in [0.2, 0.25) is 0 Å². The maximum atomic E-state index is 11.6. The summed E-state index contributed by atoms with van der Waals surface area (Å²) in [4.78, 5) is 11.6. The van der Waals surface area contributed by atoms with E-state index in [4.69, 9.17) is 4.74 Å². The summed E-state index contributed by atoms with van der Waals surface area (Å²) in [5, 5.41) is 4.38. The summed E-state index contributed by atoms with van der Waals surface area (Å²) in [6, 6.07) is 0. The lowest BCUT2D eigenvalue weighted by Gasteiger charge is -1.95. The highest BCUT2D eigenvalue weighted by Gasteiger charge is 2.11. The molecule has 0 radical (unpaired) electrons. The molecule has 0 unspecified atom stereocenters. The summed E-state index contributed by atoms with van der Waals surface area (Å²) in [6.07, 6.45) is 1.61. The quantitative estimate of drug-likeness (QED) is 0.664. The molecule has 13 heavy (non-hydrogen) atoms. The van der Waals surface area contributed by atoms with Crippen molar-refractivity contribution in [1.82, 2.24) is 14.2 Å². The predicted molar refractivity (Wildman–Crippen MR) is 49.2 cm³/mol. The normalized spacial score (nSPS) is 10.6. The fourth-order valence-electron chi connectivity index (χ4n) is 1.06. The van der Waals surface area contributed by atoms with Crippen molar-refractivity contribution in [3.63, 3.8) is 0 Å². The largest absolute Gasteiger partial charge is 0.480 e. The van der Waals surface area contributed by atoms with Crippen molar-refractivity contribution in [3.05, 3.63) is 16.6 Å². The third-order valence-corrected chi connectivity index (χ3v) is 2.50. The Morgan fingerprint density at radius 1 is 1.62 bits per heavy atom. The van der Waals surface area contributed by atoms with Gasteiger partial charge in [0, 0.05) is 7.05 Å². The lowest BCUT2D eigenvalue weighted by atomic mass is 10.4. The molecule has 68 valence electrons. The summed E-state index contributed by atoms with van der Waals surface area (Å²) in [7, 11) is 3.09. The van der Waals surface area contributed by atoms with Crippen molar-refractivity contribution in [2.45, 2.75) is 0 Å². The van der Waals surface area contributed by atoms with Gasteiger partial charge in [-0.25, -0.2) is 4.68 Å². The van der Waals surface area contributed by atoms with Crippen molar-refractivity contribution in [1.29, 1.82) is 0 Å². The van der Waals surface area contributed by atoms with Crippen molar-refractivity contribution in [3.8, 4) is 5.88 Å². The van der Waals surface area contributed by atoms with Gasteiger partial charge in [-0.05, 0) is 11.5 Å². The van der Waals surface area contributed by atoms with Crippen molar-refractivity contribution in [2.24, 2.45) is 7.05 Å². The average Bonchev–Trinajstić information content (AvgIpc) is 2.55. The van der Waals surface area contributed by atoms with Crippen LogP contribution in [0.5, 0.6) is 5.88 Å². The van der Waals surface area contributed by atoms with Gasteiger partial charge < -0.3 is 4.74 Å². The maximum absolute atomic E-state index is 11.6. The number of rotatable bonds is 1. The molecule has 0 N–H and O–H groups in total. The zero-order valence-corrected chi connectivity index (χ0v) is 7.96. The molecule has 0 amide bonds. The third-order valence-electron chi connectivity index (χ3n) is 1.74. The second-order valence-electron chi connectivity index (χ2n) is 2.50. The topological polar surface area (TPSA) is 57.0 Å². The number of fused-ring (bicyclic) bond motifs is 1. The summed E-state index contributed by atoms with van der Waals surface area (Å²) < 4.78 is 11.0. The zero-order valence-electron chi connectivity index (χ0n) is 7.14. The van der Waals surface area contributed by atoms with Crippen molar-refractivity contribution in [2.75, 3.05) is 7.11 Å². The number of nitrogens with zero attached hydrogens (tertiary/aromatic N) is 3. The van der Waals surface area contributed by atoms with Crippen LogP contribution in [-0.4, -0.2) is 21.3 Å². The van der Waals surface area contributed by atoms with E-state index in [1.54, 1.807) is 13.2 Å². The molecule has 2 heterocycles. The van der Waals surface area contributed by atoms with Crippen molar-refractivity contribution < 1.29 is 4.74 Å². The smallest absolute Gasteiger partial charge is 0.280 e. The van der Waals surface area contributed by atoms with Crippen LogP contribution in [0.25, 0.3) is 10.1 Å². The standard InChI is InChI=1S/C7H7N3O2S/c1-10-7(11)5-4(3-8-10)13-9-6(5)12-2/h3H,1-2H3. The van der Waals surface area contributed by atoms with Crippen LogP contribution in [0, 0.1) is 0 Å². The first kappa shape index (κ1) is 8.18. The minimum absolute atomic E-state index is 0.178. The Morgan fingerprint density at radius 3 is 3.08 bits per heavy atom. The van der Waals surface area contributed by atoms with E-state index in [1.165, 1.54) is 23.3 Å². The predicted octanol–water partition coefficient (Wildman–Crippen LogP) is 0.399. The molecule has 0 saturated heterocycles. The molecule has 5 nitrogen and oxygen atoms in total. The number of hydrogen-bond acceptors (Lipinski definition) is 5. The molecular formula is C7H7N3O2S. The van der Waals surface area contributed by atoms with E-state index in [9.17, 15) is 4.79 Å². The molecular weight excluding hydrogens is 190 g/mol. The fourth-order valence-corrected chi connectivity index (χ4v) is 1.77. The molecule has 6 heteroatoms. The molecule has 2 aromatic heterocycles. The Labute approximate surface area is 77.7 Å². The van der Waals surface area contributed by atoms with Crippen LogP contribution in [0.1, 0.15) is 0 Å². The van der Waals surface area contributed by atoms with Gasteiger partial charge in [-0.3, -0.25) is 4.79 Å². The minimum atomic E-state index is -0.178. The molecule has 0 atom stereocenters. The number of hydrogen-bond donors (Lipinski definition) is 0. The number of methoxy groups -OCH3 is 1. The van der Waals surface area contributed by atoms with Gasteiger partial charge in [0.25, 0.3) is 5.56 Å². The Hall–Kier alpha value is -1.43. The lowest BCUT2D eigenvalue weighted by Crippen LogP contribution is -2.18. The van der Waals surface area contributed by atoms with E-state index in [0.29, 0.717) is 11.3 Å². The zero-order chi connectivity index (χ0) is 9.42. The Balaban J connectivity index is 2.94. The summed E-state index contributed by atoms with van der Waals surface area (Å²) in [5.41, 5.74) is -0.178. The van der Waals surface area contributed by atoms with Gasteiger partial charge in [0.05, 0.1) is 18.0 Å². The third kappa shape index (κ3) is 1.10. The Morgan fingerprint density at radius 2 is 2.38 bits per heavy atom. The van der Waals surface area contributed by atoms with Crippen LogP contribution in [0.3, 0.4) is 0 Å². The van der Waals surface area contributed by atoms with Gasteiger partial charge >= 0.3 is 0 Å². The van der Waals surface area contributed by atoms with E-state index in [2.05, 4.69) is 9.47 Å². The maximum Gasteiger partial charge on any atom is 0.280 e.